The molecular weight excluding hydrogens is 299 g/mol. The molecule has 0 radical (unpaired) electrons. The van der Waals surface area contributed by atoms with Gasteiger partial charge in [-0.3, -0.25) is 4.79 Å². The minimum Gasteiger partial charge on any atom is -0.423 e. The first-order valence-electron chi connectivity index (χ1n) is 7.78. The van der Waals surface area contributed by atoms with E-state index in [4.69, 9.17) is 9.15 Å². The molecule has 6 heteroatoms. The zero-order valence-corrected chi connectivity index (χ0v) is 12.4. The van der Waals surface area contributed by atoms with E-state index in [1.807, 2.05) is 0 Å². The Morgan fingerprint density at radius 2 is 2.13 bits per heavy atom. The van der Waals surface area contributed by atoms with Gasteiger partial charge in [0, 0.05) is 24.2 Å². The maximum Gasteiger partial charge on any atom is 0.290 e. The molecule has 1 aromatic heterocycles. The van der Waals surface area contributed by atoms with E-state index in [1.165, 1.54) is 30.7 Å². The fourth-order valence-electron chi connectivity index (χ4n) is 3.36. The van der Waals surface area contributed by atoms with Crippen LogP contribution >= 0.6 is 0 Å². The van der Waals surface area contributed by atoms with Crippen LogP contribution in [0, 0.1) is 5.82 Å². The van der Waals surface area contributed by atoms with Crippen LogP contribution in [0.15, 0.2) is 40.8 Å². The monoisotopic (exact) mass is 316 g/mol. The highest BCUT2D eigenvalue weighted by Crippen LogP contribution is 2.29. The highest BCUT2D eigenvalue weighted by Gasteiger charge is 2.39. The molecule has 120 valence electrons. The molecular formula is C17H17FN2O3. The van der Waals surface area contributed by atoms with Gasteiger partial charge in [-0.15, -0.1) is 0 Å². The summed E-state index contributed by atoms with van der Waals surface area (Å²) in [6, 6.07) is 10.1. The maximum absolute atomic E-state index is 13.5. The van der Waals surface area contributed by atoms with Crippen LogP contribution in [-0.2, 0) is 0 Å². The molecule has 1 aromatic carbocycles. The summed E-state index contributed by atoms with van der Waals surface area (Å²) in [6.45, 7) is 0. The lowest BCUT2D eigenvalue weighted by molar-refractivity contribution is 0.0897. The molecule has 4 rings (SSSR count). The zero-order chi connectivity index (χ0) is 15.8. The Hall–Kier alpha value is -2.34. The first-order valence-corrected chi connectivity index (χ1v) is 7.78. The standard InChI is InChI=1S/C17H17FN2O3/c18-11-3-1-2-4-14(11)22-16-8-7-15(23-16)17(21)20-13-9-10-5-6-12(13)19-10/h1-4,7-8,10,12-13,19H,5-6,9H2,(H,20,21). The van der Waals surface area contributed by atoms with Crippen molar-refractivity contribution in [3.63, 3.8) is 0 Å². The summed E-state index contributed by atoms with van der Waals surface area (Å²) in [7, 11) is 0. The molecule has 2 aromatic rings. The fraction of sp³-hybridized carbons (Fsp3) is 0.353. The summed E-state index contributed by atoms with van der Waals surface area (Å²) in [4.78, 5) is 12.2. The molecule has 0 spiro atoms. The van der Waals surface area contributed by atoms with Crippen molar-refractivity contribution in [1.82, 2.24) is 10.6 Å². The first kappa shape index (κ1) is 14.3. The number of carbonyl (C=O) groups excluding carboxylic acids is 1. The van der Waals surface area contributed by atoms with Gasteiger partial charge in [0.2, 0.25) is 0 Å². The van der Waals surface area contributed by atoms with Crippen molar-refractivity contribution < 1.29 is 18.3 Å². The number of ether oxygens (including phenoxy) is 1. The average Bonchev–Trinajstić information content (AvgIpc) is 3.26. The Morgan fingerprint density at radius 3 is 2.87 bits per heavy atom. The second kappa shape index (κ2) is 5.70. The Bertz CT molecular complexity index is 730. The molecule has 3 atom stereocenters. The summed E-state index contributed by atoms with van der Waals surface area (Å²) < 4.78 is 24.2. The molecule has 0 saturated carbocycles. The smallest absolute Gasteiger partial charge is 0.290 e. The molecule has 2 N–H and O–H groups in total. The topological polar surface area (TPSA) is 63.5 Å². The minimum absolute atomic E-state index is 0.0612. The van der Waals surface area contributed by atoms with Crippen molar-refractivity contribution >= 4 is 5.91 Å². The first-order chi connectivity index (χ1) is 11.2. The van der Waals surface area contributed by atoms with Gasteiger partial charge in [0.15, 0.2) is 17.3 Å². The molecule has 0 aliphatic carbocycles. The molecule has 2 fully saturated rings. The quantitative estimate of drug-likeness (QED) is 0.910. The van der Waals surface area contributed by atoms with Crippen LogP contribution < -0.4 is 15.4 Å². The van der Waals surface area contributed by atoms with Crippen molar-refractivity contribution in [3.8, 4) is 11.7 Å². The average molecular weight is 316 g/mol. The Morgan fingerprint density at radius 1 is 1.26 bits per heavy atom. The molecule has 2 bridgehead atoms. The Kier molecular flexibility index (Phi) is 3.53. The lowest BCUT2D eigenvalue weighted by atomic mass is 9.95. The number of fused-ring (bicyclic) bond motifs is 2. The van der Waals surface area contributed by atoms with Gasteiger partial charge in [0.1, 0.15) is 0 Å². The molecule has 2 aliphatic rings. The lowest BCUT2D eigenvalue weighted by Crippen LogP contribution is -2.42. The fourth-order valence-corrected chi connectivity index (χ4v) is 3.36. The van der Waals surface area contributed by atoms with Gasteiger partial charge >= 0.3 is 0 Å². The molecule has 2 saturated heterocycles. The van der Waals surface area contributed by atoms with Crippen molar-refractivity contribution in [2.24, 2.45) is 0 Å². The van der Waals surface area contributed by atoms with E-state index >= 15 is 0 Å². The maximum atomic E-state index is 13.5. The number of amides is 1. The van der Waals surface area contributed by atoms with Gasteiger partial charge in [-0.05, 0) is 37.5 Å². The lowest BCUT2D eigenvalue weighted by Gasteiger charge is -2.20. The third kappa shape index (κ3) is 2.82. The van der Waals surface area contributed by atoms with E-state index in [9.17, 15) is 9.18 Å². The molecule has 3 unspecified atom stereocenters. The Balaban J connectivity index is 1.41. The second-order valence-electron chi connectivity index (χ2n) is 6.01. The Labute approximate surface area is 132 Å². The van der Waals surface area contributed by atoms with E-state index in [0.29, 0.717) is 12.1 Å². The minimum atomic E-state index is -0.483. The van der Waals surface area contributed by atoms with Crippen LogP contribution in [0.2, 0.25) is 0 Å². The second-order valence-corrected chi connectivity index (χ2v) is 6.01. The summed E-state index contributed by atoms with van der Waals surface area (Å²) in [5.41, 5.74) is 0. The van der Waals surface area contributed by atoms with Crippen molar-refractivity contribution in [2.45, 2.75) is 37.4 Å². The molecule has 5 nitrogen and oxygen atoms in total. The van der Waals surface area contributed by atoms with Gasteiger partial charge in [-0.2, -0.15) is 0 Å². The number of furan rings is 1. The van der Waals surface area contributed by atoms with Gasteiger partial charge < -0.3 is 19.8 Å². The van der Waals surface area contributed by atoms with Gasteiger partial charge in [-0.1, -0.05) is 12.1 Å². The summed E-state index contributed by atoms with van der Waals surface area (Å²) in [6.07, 6.45) is 3.23. The third-order valence-electron chi connectivity index (χ3n) is 4.47. The number of rotatable bonds is 4. The summed E-state index contributed by atoms with van der Waals surface area (Å²) in [5, 5.41) is 6.46. The van der Waals surface area contributed by atoms with E-state index in [1.54, 1.807) is 12.1 Å². The number of carbonyl (C=O) groups is 1. The summed E-state index contributed by atoms with van der Waals surface area (Å²) in [5.74, 6) is -0.438. The van der Waals surface area contributed by atoms with Gasteiger partial charge in [0.25, 0.3) is 11.9 Å². The van der Waals surface area contributed by atoms with Crippen molar-refractivity contribution in [2.75, 3.05) is 0 Å². The van der Waals surface area contributed by atoms with Crippen molar-refractivity contribution in [1.29, 1.82) is 0 Å². The third-order valence-corrected chi connectivity index (χ3v) is 4.47. The number of hydrogen-bond donors (Lipinski definition) is 2. The van der Waals surface area contributed by atoms with E-state index in [2.05, 4.69) is 10.6 Å². The number of para-hydroxylation sites is 1. The zero-order valence-electron chi connectivity index (χ0n) is 12.4. The SMILES string of the molecule is O=C(NC1CC2CCC1N2)c1ccc(Oc2ccccc2F)o1. The van der Waals surface area contributed by atoms with Crippen LogP contribution in [-0.4, -0.2) is 24.0 Å². The van der Waals surface area contributed by atoms with Gasteiger partial charge in [0.05, 0.1) is 0 Å². The van der Waals surface area contributed by atoms with Crippen LogP contribution in [0.25, 0.3) is 0 Å². The highest BCUT2D eigenvalue weighted by molar-refractivity contribution is 5.91. The van der Waals surface area contributed by atoms with E-state index in [0.717, 1.165) is 12.8 Å². The predicted octanol–water partition coefficient (Wildman–Crippen LogP) is 2.83. The molecule has 1 amide bonds. The molecule has 2 aliphatic heterocycles. The number of nitrogens with one attached hydrogen (secondary N) is 2. The van der Waals surface area contributed by atoms with Crippen LogP contribution in [0.4, 0.5) is 4.39 Å². The van der Waals surface area contributed by atoms with E-state index < -0.39 is 5.82 Å². The highest BCUT2D eigenvalue weighted by atomic mass is 19.1. The predicted molar refractivity (Wildman–Crippen MR) is 81.0 cm³/mol. The summed E-state index contributed by atoms with van der Waals surface area (Å²) >= 11 is 0. The number of halogens is 1. The van der Waals surface area contributed by atoms with Crippen LogP contribution in [0.5, 0.6) is 11.7 Å². The van der Waals surface area contributed by atoms with Gasteiger partial charge in [-0.25, -0.2) is 4.39 Å². The normalized spacial score (nSPS) is 25.5. The number of benzene rings is 1. The largest absolute Gasteiger partial charge is 0.423 e. The number of hydrogen-bond acceptors (Lipinski definition) is 4. The molecule has 23 heavy (non-hydrogen) atoms. The van der Waals surface area contributed by atoms with Crippen molar-refractivity contribution in [3.05, 3.63) is 48.0 Å². The van der Waals surface area contributed by atoms with Crippen LogP contribution in [0.1, 0.15) is 29.8 Å². The molecule has 3 heterocycles. The van der Waals surface area contributed by atoms with E-state index in [-0.39, 0.29) is 29.4 Å². The van der Waals surface area contributed by atoms with Crippen LogP contribution in [0.3, 0.4) is 0 Å².